The van der Waals surface area contributed by atoms with Gasteiger partial charge in [-0.3, -0.25) is 4.99 Å². The Kier molecular flexibility index (Phi) is 10.1. The fourth-order valence-electron chi connectivity index (χ4n) is 2.42. The zero-order chi connectivity index (χ0) is 19.0. The molecular formula is C18H24F3IN4S. The minimum Gasteiger partial charge on any atom is -0.356 e. The average Bonchev–Trinajstić information content (AvgIpc) is 3.10. The van der Waals surface area contributed by atoms with E-state index in [1.54, 1.807) is 7.05 Å². The number of hydrogen-bond donors (Lipinski definition) is 2. The molecule has 0 aliphatic carbocycles. The molecule has 2 aromatic rings. The zero-order valence-electron chi connectivity index (χ0n) is 15.2. The maximum absolute atomic E-state index is 12.5. The van der Waals surface area contributed by atoms with Crippen LogP contribution in [0.3, 0.4) is 0 Å². The first kappa shape index (κ1) is 23.7. The Balaban J connectivity index is 0.00000364. The molecule has 2 rings (SSSR count). The van der Waals surface area contributed by atoms with Crippen LogP contribution in [-0.4, -0.2) is 31.1 Å². The second-order valence-electron chi connectivity index (χ2n) is 5.90. The molecule has 1 atom stereocenters. The molecule has 2 N–H and O–H groups in total. The Morgan fingerprint density at radius 1 is 1.19 bits per heavy atom. The van der Waals surface area contributed by atoms with Gasteiger partial charge in [-0.25, -0.2) is 4.98 Å². The molecule has 0 radical (unpaired) electrons. The van der Waals surface area contributed by atoms with Crippen LogP contribution in [0.2, 0.25) is 0 Å². The van der Waals surface area contributed by atoms with Gasteiger partial charge in [-0.2, -0.15) is 13.2 Å². The molecular weight excluding hydrogens is 488 g/mol. The summed E-state index contributed by atoms with van der Waals surface area (Å²) in [5.41, 5.74) is 0.469. The van der Waals surface area contributed by atoms with E-state index in [-0.39, 0.29) is 24.0 Å². The first-order chi connectivity index (χ1) is 12.4. The minimum absolute atomic E-state index is 0. The number of benzene rings is 1. The first-order valence-corrected chi connectivity index (χ1v) is 9.29. The zero-order valence-corrected chi connectivity index (χ0v) is 18.4. The third-order valence-electron chi connectivity index (χ3n) is 3.94. The summed E-state index contributed by atoms with van der Waals surface area (Å²) in [5, 5.41) is 7.84. The number of thiazole rings is 1. The second kappa shape index (κ2) is 11.5. The van der Waals surface area contributed by atoms with Gasteiger partial charge in [-0.15, -0.1) is 35.3 Å². The molecule has 1 aromatic heterocycles. The number of hydrogen-bond acceptors (Lipinski definition) is 3. The van der Waals surface area contributed by atoms with Crippen LogP contribution in [0.15, 0.2) is 40.7 Å². The molecule has 150 valence electrons. The molecule has 0 aliphatic rings. The van der Waals surface area contributed by atoms with Crippen molar-refractivity contribution < 1.29 is 13.2 Å². The highest BCUT2D eigenvalue weighted by atomic mass is 127. The summed E-state index contributed by atoms with van der Waals surface area (Å²) >= 11 is 1.02. The van der Waals surface area contributed by atoms with Gasteiger partial charge in [0, 0.05) is 31.9 Å². The Morgan fingerprint density at radius 3 is 2.44 bits per heavy atom. The van der Waals surface area contributed by atoms with E-state index >= 15 is 0 Å². The van der Waals surface area contributed by atoms with Crippen LogP contribution in [0.5, 0.6) is 0 Å². The van der Waals surface area contributed by atoms with Crippen molar-refractivity contribution >= 4 is 41.3 Å². The molecule has 27 heavy (non-hydrogen) atoms. The lowest BCUT2D eigenvalue weighted by Gasteiger charge is -2.15. The van der Waals surface area contributed by atoms with Gasteiger partial charge in [-0.05, 0) is 17.9 Å². The molecule has 0 saturated carbocycles. The number of alkyl halides is 3. The van der Waals surface area contributed by atoms with Crippen molar-refractivity contribution in [2.75, 3.05) is 20.1 Å². The third-order valence-corrected chi connectivity index (χ3v) is 4.84. The van der Waals surface area contributed by atoms with Gasteiger partial charge in [0.1, 0.15) is 0 Å². The summed E-state index contributed by atoms with van der Waals surface area (Å²) in [5.74, 6) is 1.07. The predicted octanol–water partition coefficient (Wildman–Crippen LogP) is 4.68. The fraction of sp³-hybridized carbons (Fsp3) is 0.444. The number of halogens is 4. The van der Waals surface area contributed by atoms with E-state index < -0.39 is 11.9 Å². The van der Waals surface area contributed by atoms with Crippen LogP contribution in [0.25, 0.3) is 0 Å². The van der Waals surface area contributed by atoms with E-state index in [1.165, 1.54) is 5.56 Å². The van der Waals surface area contributed by atoms with Crippen LogP contribution in [-0.2, 0) is 12.6 Å². The van der Waals surface area contributed by atoms with Crippen molar-refractivity contribution in [3.63, 3.8) is 0 Å². The van der Waals surface area contributed by atoms with Crippen LogP contribution < -0.4 is 10.6 Å². The second-order valence-corrected chi connectivity index (χ2v) is 6.84. The summed E-state index contributed by atoms with van der Waals surface area (Å²) in [6.45, 7) is 3.40. The van der Waals surface area contributed by atoms with Crippen molar-refractivity contribution in [2.24, 2.45) is 4.99 Å². The van der Waals surface area contributed by atoms with Gasteiger partial charge in [-0.1, -0.05) is 37.3 Å². The first-order valence-electron chi connectivity index (χ1n) is 8.41. The van der Waals surface area contributed by atoms with Crippen LogP contribution >= 0.6 is 35.3 Å². The summed E-state index contributed by atoms with van der Waals surface area (Å²) in [4.78, 5) is 7.75. The summed E-state index contributed by atoms with van der Waals surface area (Å²) in [7, 11) is 1.67. The highest BCUT2D eigenvalue weighted by Gasteiger charge is 2.33. The number of guanidine groups is 1. The van der Waals surface area contributed by atoms with E-state index in [4.69, 9.17) is 0 Å². The van der Waals surface area contributed by atoms with Crippen molar-refractivity contribution in [1.82, 2.24) is 15.6 Å². The van der Waals surface area contributed by atoms with Crippen molar-refractivity contribution in [1.29, 1.82) is 0 Å². The maximum Gasteiger partial charge on any atom is 0.434 e. The molecule has 0 aliphatic heterocycles. The fourth-order valence-corrected chi connectivity index (χ4v) is 3.22. The molecule has 1 heterocycles. The van der Waals surface area contributed by atoms with Gasteiger partial charge in [0.15, 0.2) is 11.7 Å². The van der Waals surface area contributed by atoms with E-state index in [0.29, 0.717) is 29.9 Å². The molecule has 0 amide bonds. The minimum atomic E-state index is -4.38. The molecule has 9 heteroatoms. The Labute approximate surface area is 178 Å². The van der Waals surface area contributed by atoms with Gasteiger partial charge in [0.25, 0.3) is 0 Å². The molecule has 1 unspecified atom stereocenters. The molecule has 0 spiro atoms. The number of nitrogens with one attached hydrogen (secondary N) is 2. The number of aromatic nitrogens is 1. The summed E-state index contributed by atoms with van der Waals surface area (Å²) in [6.07, 6.45) is -3.01. The van der Waals surface area contributed by atoms with Gasteiger partial charge in [0.05, 0.1) is 5.01 Å². The number of nitrogens with zero attached hydrogens (tertiary/aromatic N) is 2. The highest BCUT2D eigenvalue weighted by molar-refractivity contribution is 14.0. The Morgan fingerprint density at radius 2 is 1.85 bits per heavy atom. The quantitative estimate of drug-likeness (QED) is 0.322. The van der Waals surface area contributed by atoms with Crippen molar-refractivity contribution in [2.45, 2.75) is 31.9 Å². The van der Waals surface area contributed by atoms with E-state index in [9.17, 15) is 13.2 Å². The van der Waals surface area contributed by atoms with Crippen molar-refractivity contribution in [3.8, 4) is 0 Å². The lowest BCUT2D eigenvalue weighted by molar-refractivity contribution is -0.140. The predicted molar refractivity (Wildman–Crippen MR) is 115 cm³/mol. The highest BCUT2D eigenvalue weighted by Crippen LogP contribution is 2.30. The van der Waals surface area contributed by atoms with Gasteiger partial charge in [0.2, 0.25) is 0 Å². The summed E-state index contributed by atoms with van der Waals surface area (Å²) < 4.78 is 37.6. The lowest BCUT2D eigenvalue weighted by atomic mass is 9.98. The topological polar surface area (TPSA) is 49.3 Å². The lowest BCUT2D eigenvalue weighted by Crippen LogP contribution is -2.39. The molecule has 0 saturated heterocycles. The average molecular weight is 512 g/mol. The SMILES string of the molecule is CN=C(NCCc1nc(C(F)(F)F)cs1)NCCC(C)c1ccccc1.I. The molecule has 1 aromatic carbocycles. The smallest absolute Gasteiger partial charge is 0.356 e. The Bertz CT molecular complexity index is 704. The molecule has 4 nitrogen and oxygen atoms in total. The van der Waals surface area contributed by atoms with Crippen LogP contribution in [0.4, 0.5) is 13.2 Å². The van der Waals surface area contributed by atoms with Crippen molar-refractivity contribution in [3.05, 3.63) is 52.0 Å². The van der Waals surface area contributed by atoms with Crippen LogP contribution in [0, 0.1) is 0 Å². The van der Waals surface area contributed by atoms with E-state index in [2.05, 4.69) is 39.7 Å². The largest absolute Gasteiger partial charge is 0.434 e. The number of aliphatic imine (C=N–C) groups is 1. The Hall–Kier alpha value is -1.36. The standard InChI is InChI=1S/C18H23F3N4S.HI/c1-13(14-6-4-3-5-7-14)8-10-23-17(22-2)24-11-9-16-25-15(12-26-16)18(19,20)21;/h3-7,12-13H,8-11H2,1-2H3,(H2,22,23,24);1H. The maximum atomic E-state index is 12.5. The van der Waals surface area contributed by atoms with E-state index in [0.717, 1.165) is 29.7 Å². The molecule has 0 fully saturated rings. The van der Waals surface area contributed by atoms with Crippen LogP contribution in [0.1, 0.15) is 35.5 Å². The molecule has 0 bridgehead atoms. The number of rotatable bonds is 7. The summed E-state index contributed by atoms with van der Waals surface area (Å²) in [6, 6.07) is 10.3. The third kappa shape index (κ3) is 8.04. The van der Waals surface area contributed by atoms with Gasteiger partial charge < -0.3 is 10.6 Å². The monoisotopic (exact) mass is 512 g/mol. The normalized spacial score (nSPS) is 13.0. The van der Waals surface area contributed by atoms with E-state index in [1.807, 2.05) is 18.2 Å². The van der Waals surface area contributed by atoms with Gasteiger partial charge >= 0.3 is 6.18 Å².